The second kappa shape index (κ2) is 4.10. The molecule has 5 N–H and O–H groups in total. The second-order valence-electron chi connectivity index (χ2n) is 4.15. The summed E-state index contributed by atoms with van der Waals surface area (Å²) in [4.78, 5) is 13.7. The Kier molecular flexibility index (Phi) is 2.77. The first-order valence-corrected chi connectivity index (χ1v) is 5.27. The number of carbonyl (C=O) groups is 1. The highest BCUT2D eigenvalue weighted by atomic mass is 16.4. The Balaban J connectivity index is 2.42. The van der Waals surface area contributed by atoms with E-state index in [4.69, 9.17) is 10.8 Å². The number of phenols is 1. The third-order valence-corrected chi connectivity index (χ3v) is 2.84. The highest BCUT2D eigenvalue weighted by Crippen LogP contribution is 2.27. The third kappa shape index (κ3) is 2.09. The predicted molar refractivity (Wildman–Crippen MR) is 64.0 cm³/mol. The molecule has 1 unspecified atom stereocenters. The molecule has 0 saturated heterocycles. The highest BCUT2D eigenvalue weighted by molar-refractivity contribution is 5.86. The summed E-state index contributed by atoms with van der Waals surface area (Å²) in [5.41, 5.74) is 7.93. The van der Waals surface area contributed by atoms with Crippen LogP contribution in [0.2, 0.25) is 0 Å². The van der Waals surface area contributed by atoms with Crippen molar-refractivity contribution < 1.29 is 15.0 Å². The van der Waals surface area contributed by atoms with Gasteiger partial charge in [0.05, 0.1) is 0 Å². The Labute approximate surface area is 97.9 Å². The lowest BCUT2D eigenvalue weighted by Crippen LogP contribution is -2.32. The van der Waals surface area contributed by atoms with Crippen molar-refractivity contribution in [3.05, 3.63) is 29.5 Å². The number of hydrogen-bond donors (Lipinski definition) is 4. The molecule has 1 aromatic carbocycles. The summed E-state index contributed by atoms with van der Waals surface area (Å²) < 4.78 is 0. The number of fused-ring (bicyclic) bond motifs is 1. The number of H-pyrrole nitrogens is 1. The van der Waals surface area contributed by atoms with E-state index in [1.165, 1.54) is 0 Å². The van der Waals surface area contributed by atoms with Gasteiger partial charge in [-0.15, -0.1) is 0 Å². The van der Waals surface area contributed by atoms with Gasteiger partial charge in [-0.25, -0.2) is 0 Å². The zero-order valence-corrected chi connectivity index (χ0v) is 9.40. The summed E-state index contributed by atoms with van der Waals surface area (Å²) in [6, 6.07) is 2.52. The van der Waals surface area contributed by atoms with Gasteiger partial charge in [0.1, 0.15) is 11.8 Å². The van der Waals surface area contributed by atoms with Crippen LogP contribution in [0.5, 0.6) is 5.75 Å². The topological polar surface area (TPSA) is 99.3 Å². The smallest absolute Gasteiger partial charge is 0.320 e. The molecule has 0 saturated carbocycles. The van der Waals surface area contributed by atoms with Gasteiger partial charge in [-0.3, -0.25) is 4.79 Å². The lowest BCUT2D eigenvalue weighted by molar-refractivity contribution is -0.138. The normalized spacial score (nSPS) is 12.8. The van der Waals surface area contributed by atoms with Crippen LogP contribution in [0.1, 0.15) is 11.1 Å². The van der Waals surface area contributed by atoms with Gasteiger partial charge in [0.25, 0.3) is 0 Å². The van der Waals surface area contributed by atoms with Crippen molar-refractivity contribution >= 4 is 16.9 Å². The first-order valence-electron chi connectivity index (χ1n) is 5.27. The molecular formula is C12H14N2O3. The molecule has 2 aromatic rings. The number of carboxylic acid groups (broad SMARTS) is 1. The zero-order chi connectivity index (χ0) is 12.6. The molecule has 5 heteroatoms. The average molecular weight is 234 g/mol. The number of aromatic hydroxyl groups is 1. The predicted octanol–water partition coefficient (Wildman–Crippen LogP) is 1.14. The van der Waals surface area contributed by atoms with Crippen molar-refractivity contribution in [3.8, 4) is 5.75 Å². The fraction of sp³-hybridized carbons (Fsp3) is 0.250. The van der Waals surface area contributed by atoms with Crippen LogP contribution in [0.15, 0.2) is 18.3 Å². The fourth-order valence-electron chi connectivity index (χ4n) is 1.82. The number of nitrogens with one attached hydrogen (secondary N) is 1. The Hall–Kier alpha value is -2.01. The number of aliphatic carboxylic acids is 1. The molecule has 0 aliphatic heterocycles. The van der Waals surface area contributed by atoms with Crippen molar-refractivity contribution in [2.45, 2.75) is 19.4 Å². The largest absolute Gasteiger partial charge is 0.508 e. The van der Waals surface area contributed by atoms with E-state index in [1.54, 1.807) is 19.2 Å². The molecular weight excluding hydrogens is 220 g/mol. The molecule has 1 heterocycles. The maximum atomic E-state index is 10.7. The maximum Gasteiger partial charge on any atom is 0.320 e. The van der Waals surface area contributed by atoms with Gasteiger partial charge >= 0.3 is 5.97 Å². The summed E-state index contributed by atoms with van der Waals surface area (Å²) in [7, 11) is 0. The van der Waals surface area contributed by atoms with Crippen LogP contribution in [0, 0.1) is 6.92 Å². The SMILES string of the molecule is Cc1cc2[nH]cc(CC(N)C(=O)O)c2cc1O. The molecule has 2 rings (SSSR count). The number of carboxylic acids is 1. The van der Waals surface area contributed by atoms with Crippen LogP contribution in [0.3, 0.4) is 0 Å². The van der Waals surface area contributed by atoms with Crippen LogP contribution >= 0.6 is 0 Å². The van der Waals surface area contributed by atoms with E-state index in [0.29, 0.717) is 0 Å². The molecule has 1 atom stereocenters. The standard InChI is InChI=1S/C12H14N2O3/c1-6-2-10-8(4-11(6)15)7(5-14-10)3-9(13)12(16)17/h2,4-5,9,14-15H,3,13H2,1H3,(H,16,17). The van der Waals surface area contributed by atoms with Gasteiger partial charge in [-0.2, -0.15) is 0 Å². The van der Waals surface area contributed by atoms with E-state index in [9.17, 15) is 9.90 Å². The third-order valence-electron chi connectivity index (χ3n) is 2.84. The molecule has 0 bridgehead atoms. The lowest BCUT2D eigenvalue weighted by Gasteiger charge is -2.05. The van der Waals surface area contributed by atoms with E-state index in [2.05, 4.69) is 4.98 Å². The van der Waals surface area contributed by atoms with Crippen LogP contribution in [-0.4, -0.2) is 27.2 Å². The minimum atomic E-state index is -1.03. The molecule has 0 fully saturated rings. The molecule has 17 heavy (non-hydrogen) atoms. The molecule has 90 valence electrons. The van der Waals surface area contributed by atoms with Crippen molar-refractivity contribution in [2.75, 3.05) is 0 Å². The van der Waals surface area contributed by atoms with Crippen molar-refractivity contribution in [1.82, 2.24) is 4.98 Å². The van der Waals surface area contributed by atoms with E-state index < -0.39 is 12.0 Å². The van der Waals surface area contributed by atoms with Crippen LogP contribution in [0.4, 0.5) is 0 Å². The molecule has 0 amide bonds. The molecule has 0 radical (unpaired) electrons. The summed E-state index contributed by atoms with van der Waals surface area (Å²) in [5.74, 6) is -0.835. The zero-order valence-electron chi connectivity index (χ0n) is 9.40. The number of aromatic amines is 1. The molecule has 1 aromatic heterocycles. The molecule has 5 nitrogen and oxygen atoms in total. The summed E-state index contributed by atoms with van der Waals surface area (Å²) >= 11 is 0. The van der Waals surface area contributed by atoms with Gasteiger partial charge in [-0.1, -0.05) is 0 Å². The Morgan fingerprint density at radius 3 is 2.88 bits per heavy atom. The fourth-order valence-corrected chi connectivity index (χ4v) is 1.82. The maximum absolute atomic E-state index is 10.7. The van der Waals surface area contributed by atoms with Gasteiger partial charge in [0.2, 0.25) is 0 Å². The number of phenolic OH excluding ortho intramolecular Hbond substituents is 1. The molecule has 0 aliphatic carbocycles. The van der Waals surface area contributed by atoms with E-state index in [1.807, 2.05) is 6.07 Å². The first-order chi connectivity index (χ1) is 7.99. The summed E-state index contributed by atoms with van der Waals surface area (Å²) in [5, 5.41) is 19.2. The van der Waals surface area contributed by atoms with Crippen molar-refractivity contribution in [3.63, 3.8) is 0 Å². The highest BCUT2D eigenvalue weighted by Gasteiger charge is 2.15. The summed E-state index contributed by atoms with van der Waals surface area (Å²) in [6.45, 7) is 1.80. The lowest BCUT2D eigenvalue weighted by atomic mass is 10.0. The van der Waals surface area contributed by atoms with Crippen molar-refractivity contribution in [2.24, 2.45) is 5.73 Å². The van der Waals surface area contributed by atoms with Crippen LogP contribution < -0.4 is 5.73 Å². The minimum absolute atomic E-state index is 0.197. The van der Waals surface area contributed by atoms with Crippen LogP contribution in [-0.2, 0) is 11.2 Å². The second-order valence-corrected chi connectivity index (χ2v) is 4.15. The Morgan fingerprint density at radius 2 is 2.24 bits per heavy atom. The van der Waals surface area contributed by atoms with Gasteiger partial charge in [0, 0.05) is 23.5 Å². The van der Waals surface area contributed by atoms with E-state index >= 15 is 0 Å². The van der Waals surface area contributed by atoms with E-state index in [0.717, 1.165) is 22.0 Å². The quantitative estimate of drug-likeness (QED) is 0.639. The average Bonchev–Trinajstić information content (AvgIpc) is 2.62. The number of rotatable bonds is 3. The Bertz CT molecular complexity index is 574. The monoisotopic (exact) mass is 234 g/mol. The van der Waals surface area contributed by atoms with Gasteiger partial charge in [0.15, 0.2) is 0 Å². The Morgan fingerprint density at radius 1 is 1.53 bits per heavy atom. The van der Waals surface area contributed by atoms with Gasteiger partial charge < -0.3 is 20.9 Å². The number of nitrogens with two attached hydrogens (primary N) is 1. The van der Waals surface area contributed by atoms with Crippen molar-refractivity contribution in [1.29, 1.82) is 0 Å². The van der Waals surface area contributed by atoms with Gasteiger partial charge in [-0.05, 0) is 30.2 Å². The number of benzene rings is 1. The number of hydrogen-bond acceptors (Lipinski definition) is 3. The van der Waals surface area contributed by atoms with E-state index in [-0.39, 0.29) is 12.2 Å². The molecule has 0 aliphatic rings. The minimum Gasteiger partial charge on any atom is -0.508 e. The summed E-state index contributed by atoms with van der Waals surface area (Å²) in [6.07, 6.45) is 1.96. The van der Waals surface area contributed by atoms with Crippen LogP contribution in [0.25, 0.3) is 10.9 Å². The number of aromatic nitrogens is 1. The molecule has 0 spiro atoms. The first kappa shape index (κ1) is 11.5. The number of aryl methyl sites for hydroxylation is 1.